The van der Waals surface area contributed by atoms with Gasteiger partial charge in [-0.25, -0.2) is 9.18 Å². The predicted octanol–water partition coefficient (Wildman–Crippen LogP) is 0.850. The van der Waals surface area contributed by atoms with E-state index in [2.05, 4.69) is 10.6 Å². The van der Waals surface area contributed by atoms with Gasteiger partial charge >= 0.3 is 6.03 Å². The van der Waals surface area contributed by atoms with Crippen LogP contribution in [0.3, 0.4) is 0 Å². The number of carbonyl (C=O) groups is 1. The number of carbonyl (C=O) groups excluding carboxylic acids is 1. The molecule has 1 atom stereocenters. The molecule has 0 saturated carbocycles. The topological polar surface area (TPSA) is 87.4 Å². The predicted molar refractivity (Wildman–Crippen MR) is 62.1 cm³/mol. The van der Waals surface area contributed by atoms with Gasteiger partial charge in [0.25, 0.3) is 0 Å². The molecule has 0 aliphatic carbocycles. The van der Waals surface area contributed by atoms with Crippen molar-refractivity contribution in [3.8, 4) is 5.75 Å². The largest absolute Gasteiger partial charge is 0.508 e. The molecule has 0 spiro atoms. The molecule has 5 nitrogen and oxygen atoms in total. The Labute approximate surface area is 98.8 Å². The second kappa shape index (κ2) is 6.05. The van der Waals surface area contributed by atoms with Crippen LogP contribution in [0.5, 0.6) is 5.75 Å². The van der Waals surface area contributed by atoms with E-state index < -0.39 is 11.8 Å². The van der Waals surface area contributed by atoms with Crippen molar-refractivity contribution in [2.24, 2.45) is 5.73 Å². The van der Waals surface area contributed by atoms with Gasteiger partial charge in [0.15, 0.2) is 0 Å². The number of nitrogens with two attached hydrogens (primary N) is 1. The van der Waals surface area contributed by atoms with Crippen LogP contribution in [0.15, 0.2) is 18.2 Å². The van der Waals surface area contributed by atoms with Gasteiger partial charge in [-0.15, -0.1) is 0 Å². The average molecular weight is 241 g/mol. The molecule has 0 aliphatic heterocycles. The van der Waals surface area contributed by atoms with Crippen LogP contribution >= 0.6 is 0 Å². The summed E-state index contributed by atoms with van der Waals surface area (Å²) in [5.74, 6) is -0.568. The number of hydrogen-bond acceptors (Lipinski definition) is 3. The minimum atomic E-state index is -0.580. The third-order valence-corrected chi connectivity index (χ3v) is 2.33. The molecule has 0 fully saturated rings. The number of hydrogen-bond donors (Lipinski definition) is 4. The lowest BCUT2D eigenvalue weighted by atomic mass is 10.1. The Morgan fingerprint density at radius 3 is 2.82 bits per heavy atom. The SMILES string of the molecule is CC(NCCNC(N)=O)c1ccc(F)cc1O. The number of primary amides is 1. The van der Waals surface area contributed by atoms with Crippen molar-refractivity contribution in [1.29, 1.82) is 0 Å². The van der Waals surface area contributed by atoms with Crippen LogP contribution in [0.4, 0.5) is 9.18 Å². The Kier molecular flexibility index (Phi) is 4.71. The average Bonchev–Trinajstić information content (AvgIpc) is 2.23. The quantitative estimate of drug-likeness (QED) is 0.576. The molecule has 1 aromatic carbocycles. The Balaban J connectivity index is 2.46. The summed E-state index contributed by atoms with van der Waals surface area (Å²) < 4.78 is 12.8. The minimum absolute atomic E-state index is 0.0899. The molecular weight excluding hydrogens is 225 g/mol. The number of urea groups is 1. The van der Waals surface area contributed by atoms with Crippen molar-refractivity contribution in [2.45, 2.75) is 13.0 Å². The number of halogens is 1. The second-order valence-electron chi connectivity index (χ2n) is 3.67. The van der Waals surface area contributed by atoms with Gasteiger partial charge in [-0.2, -0.15) is 0 Å². The van der Waals surface area contributed by atoms with Gasteiger partial charge in [0.05, 0.1) is 0 Å². The number of nitrogens with one attached hydrogen (secondary N) is 2. The molecule has 1 aromatic rings. The fourth-order valence-corrected chi connectivity index (χ4v) is 1.47. The third-order valence-electron chi connectivity index (χ3n) is 2.33. The lowest BCUT2D eigenvalue weighted by molar-refractivity contribution is 0.249. The van der Waals surface area contributed by atoms with E-state index in [1.54, 1.807) is 0 Å². The van der Waals surface area contributed by atoms with Crippen molar-refractivity contribution >= 4 is 6.03 Å². The Hall–Kier alpha value is -1.82. The van der Waals surface area contributed by atoms with Crippen LogP contribution in [-0.2, 0) is 0 Å². The van der Waals surface area contributed by atoms with Crippen molar-refractivity contribution < 1.29 is 14.3 Å². The molecule has 0 aliphatic rings. The fraction of sp³-hybridized carbons (Fsp3) is 0.364. The van der Waals surface area contributed by atoms with Crippen LogP contribution in [0.1, 0.15) is 18.5 Å². The molecule has 94 valence electrons. The molecule has 0 saturated heterocycles. The van der Waals surface area contributed by atoms with Gasteiger partial charge in [0, 0.05) is 30.8 Å². The first-order valence-corrected chi connectivity index (χ1v) is 5.26. The molecule has 6 heteroatoms. The van der Waals surface area contributed by atoms with E-state index in [9.17, 15) is 14.3 Å². The highest BCUT2D eigenvalue weighted by Gasteiger charge is 2.10. The maximum absolute atomic E-state index is 12.8. The molecule has 0 aromatic heterocycles. The number of amides is 2. The highest BCUT2D eigenvalue weighted by Crippen LogP contribution is 2.24. The van der Waals surface area contributed by atoms with Gasteiger partial charge in [-0.1, -0.05) is 6.07 Å². The van der Waals surface area contributed by atoms with Gasteiger partial charge in [0.1, 0.15) is 11.6 Å². The van der Waals surface area contributed by atoms with E-state index >= 15 is 0 Å². The van der Waals surface area contributed by atoms with Crippen molar-refractivity contribution in [3.63, 3.8) is 0 Å². The molecule has 2 amide bonds. The summed E-state index contributed by atoms with van der Waals surface area (Å²) in [5, 5.41) is 15.0. The van der Waals surface area contributed by atoms with Crippen molar-refractivity contribution in [2.75, 3.05) is 13.1 Å². The number of phenols is 1. The van der Waals surface area contributed by atoms with Gasteiger partial charge in [-0.3, -0.25) is 0 Å². The number of phenolic OH excluding ortho intramolecular Hbond substituents is 1. The van der Waals surface area contributed by atoms with E-state index in [4.69, 9.17) is 5.73 Å². The molecule has 1 rings (SSSR count). The Bertz CT molecular complexity index is 398. The number of rotatable bonds is 5. The lowest BCUT2D eigenvalue weighted by Gasteiger charge is -2.15. The van der Waals surface area contributed by atoms with E-state index in [-0.39, 0.29) is 11.8 Å². The summed E-state index contributed by atoms with van der Waals surface area (Å²) in [6, 6.07) is 3.14. The summed E-state index contributed by atoms with van der Waals surface area (Å²) in [5.41, 5.74) is 5.50. The second-order valence-corrected chi connectivity index (χ2v) is 3.67. The maximum Gasteiger partial charge on any atom is 0.312 e. The zero-order valence-electron chi connectivity index (χ0n) is 9.53. The van der Waals surface area contributed by atoms with Crippen LogP contribution in [0, 0.1) is 5.82 Å². The molecule has 0 bridgehead atoms. The minimum Gasteiger partial charge on any atom is -0.508 e. The first-order chi connectivity index (χ1) is 8.00. The zero-order chi connectivity index (χ0) is 12.8. The lowest BCUT2D eigenvalue weighted by Crippen LogP contribution is -2.36. The first-order valence-electron chi connectivity index (χ1n) is 5.26. The Morgan fingerprint density at radius 1 is 1.53 bits per heavy atom. The highest BCUT2D eigenvalue weighted by atomic mass is 19.1. The first kappa shape index (κ1) is 13.2. The van der Waals surface area contributed by atoms with Crippen LogP contribution in [-0.4, -0.2) is 24.2 Å². The van der Waals surface area contributed by atoms with Gasteiger partial charge < -0.3 is 21.5 Å². The van der Waals surface area contributed by atoms with Crippen molar-refractivity contribution in [1.82, 2.24) is 10.6 Å². The van der Waals surface area contributed by atoms with Crippen LogP contribution in [0.2, 0.25) is 0 Å². The van der Waals surface area contributed by atoms with E-state index in [1.165, 1.54) is 12.1 Å². The zero-order valence-corrected chi connectivity index (χ0v) is 9.53. The van der Waals surface area contributed by atoms with Crippen molar-refractivity contribution in [3.05, 3.63) is 29.6 Å². The summed E-state index contributed by atoms with van der Waals surface area (Å²) in [7, 11) is 0. The molecule has 0 radical (unpaired) electrons. The van der Waals surface area contributed by atoms with E-state index in [1.807, 2.05) is 6.92 Å². The molecule has 17 heavy (non-hydrogen) atoms. The smallest absolute Gasteiger partial charge is 0.312 e. The fourth-order valence-electron chi connectivity index (χ4n) is 1.47. The van der Waals surface area contributed by atoms with Gasteiger partial charge in [0.2, 0.25) is 0 Å². The van der Waals surface area contributed by atoms with E-state index in [0.29, 0.717) is 18.7 Å². The summed E-state index contributed by atoms with van der Waals surface area (Å²) in [6.45, 7) is 2.72. The summed E-state index contributed by atoms with van der Waals surface area (Å²) in [6.07, 6.45) is 0. The monoisotopic (exact) mass is 241 g/mol. The van der Waals surface area contributed by atoms with Crippen LogP contribution < -0.4 is 16.4 Å². The van der Waals surface area contributed by atoms with E-state index in [0.717, 1.165) is 6.07 Å². The normalized spacial score (nSPS) is 12.1. The molecular formula is C11H16FN3O2. The third kappa shape index (κ3) is 4.28. The standard InChI is InChI=1S/C11H16FN3O2/c1-7(14-4-5-15-11(13)17)9-3-2-8(12)6-10(9)16/h2-3,6-7,14,16H,4-5H2,1H3,(H3,13,15,17). The number of benzene rings is 1. The van der Waals surface area contributed by atoms with Crippen LogP contribution in [0.25, 0.3) is 0 Å². The Morgan fingerprint density at radius 2 is 2.24 bits per heavy atom. The summed E-state index contributed by atoms with van der Waals surface area (Å²) >= 11 is 0. The van der Waals surface area contributed by atoms with Gasteiger partial charge in [-0.05, 0) is 13.0 Å². The molecule has 0 heterocycles. The summed E-state index contributed by atoms with van der Waals surface area (Å²) in [4.78, 5) is 10.4. The highest BCUT2D eigenvalue weighted by molar-refractivity contribution is 5.71. The maximum atomic E-state index is 12.8. The molecule has 5 N–H and O–H groups in total. The molecule has 1 unspecified atom stereocenters. The number of aromatic hydroxyl groups is 1.